The molecular weight excluding hydrogens is 432 g/mol. The second-order valence-corrected chi connectivity index (χ2v) is 8.18. The van der Waals surface area contributed by atoms with Crippen LogP contribution in [0, 0.1) is 0 Å². The summed E-state index contributed by atoms with van der Waals surface area (Å²) in [5.41, 5.74) is 1.90. The Morgan fingerprint density at radius 3 is 2.60 bits per heavy atom. The molecule has 0 aliphatic heterocycles. The van der Waals surface area contributed by atoms with E-state index in [-0.39, 0.29) is 17.4 Å². The molecule has 12 heteroatoms. The lowest BCUT2D eigenvalue weighted by Gasteiger charge is -2.07. The normalized spacial score (nSPS) is 11.6. The largest absolute Gasteiger partial charge is 0.486 e. The molecule has 0 aliphatic carbocycles. The fraction of sp³-hybridized carbons (Fsp3) is 0.111. The summed E-state index contributed by atoms with van der Waals surface area (Å²) in [6.07, 6.45) is 3.12. The van der Waals surface area contributed by atoms with Gasteiger partial charge in [-0.15, -0.1) is 0 Å². The summed E-state index contributed by atoms with van der Waals surface area (Å²) in [5.74, 6) is 1.10. The maximum atomic E-state index is 11.4. The first-order valence-corrected chi connectivity index (χ1v) is 10.5. The quantitative estimate of drug-likeness (QED) is 0.445. The Bertz CT molecular complexity index is 1280. The van der Waals surface area contributed by atoms with Crippen LogP contribution in [0.5, 0.6) is 5.75 Å². The van der Waals surface area contributed by atoms with E-state index in [1.807, 2.05) is 0 Å². The highest BCUT2D eigenvalue weighted by atomic mass is 35.5. The van der Waals surface area contributed by atoms with Crippen molar-refractivity contribution < 1.29 is 17.7 Å². The van der Waals surface area contributed by atoms with Crippen molar-refractivity contribution in [3.8, 4) is 28.6 Å². The van der Waals surface area contributed by atoms with E-state index in [0.717, 1.165) is 0 Å². The lowest BCUT2D eigenvalue weighted by molar-refractivity contribution is 0.293. The number of nitrogens with two attached hydrogens (primary N) is 1. The van der Waals surface area contributed by atoms with Gasteiger partial charge >= 0.3 is 0 Å². The zero-order valence-corrected chi connectivity index (χ0v) is 17.1. The molecule has 0 spiro atoms. The van der Waals surface area contributed by atoms with Crippen molar-refractivity contribution in [3.05, 3.63) is 59.6 Å². The fourth-order valence-electron chi connectivity index (χ4n) is 2.66. The molecule has 3 heterocycles. The number of primary sulfonamides is 1. The third-order valence-electron chi connectivity index (χ3n) is 4.23. The molecule has 10 nitrogen and oxygen atoms in total. The van der Waals surface area contributed by atoms with E-state index in [0.29, 0.717) is 33.5 Å². The van der Waals surface area contributed by atoms with Gasteiger partial charge in [-0.25, -0.2) is 18.5 Å². The number of aryl methyl sites for hydroxylation is 1. The molecule has 0 radical (unpaired) electrons. The van der Waals surface area contributed by atoms with Gasteiger partial charge in [-0.3, -0.25) is 4.68 Å². The van der Waals surface area contributed by atoms with E-state index in [2.05, 4.69) is 20.2 Å². The maximum Gasteiger partial charge on any atom is 0.261 e. The van der Waals surface area contributed by atoms with E-state index >= 15 is 0 Å². The van der Waals surface area contributed by atoms with Crippen LogP contribution in [-0.2, 0) is 23.7 Å². The standard InChI is InChI=1S/C18H15ClN6O4S/c1-25-15(10-28-12-4-7-16(19)21-8-12)14(9-22-25)18-23-17(24-29-18)11-2-5-13(6-3-11)30(20,26)27/h2-9H,10H2,1H3,(H2,20,26,27). The number of pyridine rings is 1. The number of hydrogen-bond donors (Lipinski definition) is 1. The Labute approximate surface area is 176 Å². The highest BCUT2D eigenvalue weighted by Gasteiger charge is 2.19. The van der Waals surface area contributed by atoms with Crippen LogP contribution in [-0.4, -0.2) is 33.3 Å². The second-order valence-electron chi connectivity index (χ2n) is 6.23. The summed E-state index contributed by atoms with van der Waals surface area (Å²) >= 11 is 5.78. The number of sulfonamides is 1. The van der Waals surface area contributed by atoms with Crippen molar-refractivity contribution in [3.63, 3.8) is 0 Å². The number of hydrogen-bond acceptors (Lipinski definition) is 8. The average molecular weight is 447 g/mol. The molecule has 2 N–H and O–H groups in total. The third-order valence-corrected chi connectivity index (χ3v) is 5.39. The Hall–Kier alpha value is -3.28. The molecular formula is C18H15ClN6O4S. The van der Waals surface area contributed by atoms with Crippen LogP contribution >= 0.6 is 11.6 Å². The van der Waals surface area contributed by atoms with Crippen molar-refractivity contribution >= 4 is 21.6 Å². The Morgan fingerprint density at radius 1 is 1.17 bits per heavy atom. The van der Waals surface area contributed by atoms with Crippen LogP contribution in [0.1, 0.15) is 5.69 Å². The third kappa shape index (κ3) is 4.17. The summed E-state index contributed by atoms with van der Waals surface area (Å²) < 4.78 is 35.5. The van der Waals surface area contributed by atoms with E-state index in [4.69, 9.17) is 26.0 Å². The lowest BCUT2D eigenvalue weighted by atomic mass is 10.2. The van der Waals surface area contributed by atoms with E-state index in [9.17, 15) is 8.42 Å². The molecule has 30 heavy (non-hydrogen) atoms. The van der Waals surface area contributed by atoms with Crippen molar-refractivity contribution in [1.29, 1.82) is 0 Å². The van der Waals surface area contributed by atoms with Gasteiger partial charge in [0.05, 0.1) is 28.5 Å². The van der Waals surface area contributed by atoms with Gasteiger partial charge in [0.25, 0.3) is 5.89 Å². The highest BCUT2D eigenvalue weighted by Crippen LogP contribution is 2.26. The van der Waals surface area contributed by atoms with Crippen LogP contribution in [0.15, 0.2) is 58.2 Å². The van der Waals surface area contributed by atoms with Crippen LogP contribution < -0.4 is 9.88 Å². The molecule has 0 fully saturated rings. The van der Waals surface area contributed by atoms with E-state index in [1.54, 1.807) is 42.2 Å². The Morgan fingerprint density at radius 2 is 1.93 bits per heavy atom. The minimum atomic E-state index is -3.78. The molecule has 4 rings (SSSR count). The average Bonchev–Trinajstić information content (AvgIpc) is 3.34. The minimum Gasteiger partial charge on any atom is -0.486 e. The maximum absolute atomic E-state index is 11.4. The number of aromatic nitrogens is 5. The summed E-state index contributed by atoms with van der Waals surface area (Å²) in [7, 11) is -2.01. The molecule has 4 aromatic rings. The van der Waals surface area contributed by atoms with Crippen LogP contribution in [0.3, 0.4) is 0 Å². The van der Waals surface area contributed by atoms with Gasteiger partial charge < -0.3 is 9.26 Å². The summed E-state index contributed by atoms with van der Waals surface area (Å²) in [6, 6.07) is 9.20. The van der Waals surface area contributed by atoms with Gasteiger partial charge in [-0.05, 0) is 36.4 Å². The first-order valence-electron chi connectivity index (χ1n) is 8.54. The fourth-order valence-corrected chi connectivity index (χ4v) is 3.28. The summed E-state index contributed by atoms with van der Waals surface area (Å²) in [5, 5.41) is 13.7. The number of halogens is 1. The van der Waals surface area contributed by atoms with Gasteiger partial charge in [0.15, 0.2) is 0 Å². The molecule has 0 bridgehead atoms. The second kappa shape index (κ2) is 7.86. The molecule has 0 saturated carbocycles. The van der Waals surface area contributed by atoms with Crippen LogP contribution in [0.2, 0.25) is 5.15 Å². The molecule has 0 amide bonds. The molecule has 3 aromatic heterocycles. The molecule has 1 aromatic carbocycles. The zero-order valence-electron chi connectivity index (χ0n) is 15.6. The van der Waals surface area contributed by atoms with Gasteiger partial charge in [-0.2, -0.15) is 10.1 Å². The first-order chi connectivity index (χ1) is 14.3. The molecule has 0 saturated heterocycles. The van der Waals surface area contributed by atoms with Gasteiger partial charge in [0.1, 0.15) is 17.5 Å². The van der Waals surface area contributed by atoms with Crippen molar-refractivity contribution in [1.82, 2.24) is 24.9 Å². The SMILES string of the molecule is Cn1ncc(-c2nc(-c3ccc(S(N)(=O)=O)cc3)no2)c1COc1ccc(Cl)nc1. The monoisotopic (exact) mass is 446 g/mol. The van der Waals surface area contributed by atoms with Gasteiger partial charge in [0, 0.05) is 12.6 Å². The van der Waals surface area contributed by atoms with Crippen LogP contribution in [0.4, 0.5) is 0 Å². The van der Waals surface area contributed by atoms with Crippen molar-refractivity contribution in [2.45, 2.75) is 11.5 Å². The number of benzene rings is 1. The summed E-state index contributed by atoms with van der Waals surface area (Å²) in [6.45, 7) is 0.190. The van der Waals surface area contributed by atoms with Gasteiger partial charge in [-0.1, -0.05) is 16.8 Å². The molecule has 0 aliphatic rings. The van der Waals surface area contributed by atoms with E-state index < -0.39 is 10.0 Å². The molecule has 0 atom stereocenters. The summed E-state index contributed by atoms with van der Waals surface area (Å²) in [4.78, 5) is 8.36. The minimum absolute atomic E-state index is 0.00153. The Balaban J connectivity index is 1.57. The number of nitrogens with zero attached hydrogens (tertiary/aromatic N) is 5. The molecule has 154 valence electrons. The predicted octanol–water partition coefficient (Wildman–Crippen LogP) is 2.41. The first kappa shape index (κ1) is 20.0. The molecule has 0 unspecified atom stereocenters. The Kier molecular flexibility index (Phi) is 5.24. The highest BCUT2D eigenvalue weighted by molar-refractivity contribution is 7.89. The van der Waals surface area contributed by atoms with Crippen LogP contribution in [0.25, 0.3) is 22.8 Å². The number of ether oxygens (including phenoxy) is 1. The topological polar surface area (TPSA) is 139 Å². The van der Waals surface area contributed by atoms with E-state index in [1.165, 1.54) is 18.3 Å². The number of rotatable bonds is 6. The van der Waals surface area contributed by atoms with Gasteiger partial charge in [0.2, 0.25) is 15.8 Å². The zero-order chi connectivity index (χ0) is 21.3. The smallest absolute Gasteiger partial charge is 0.261 e. The van der Waals surface area contributed by atoms with Crippen molar-refractivity contribution in [2.24, 2.45) is 12.2 Å². The predicted molar refractivity (Wildman–Crippen MR) is 107 cm³/mol. The van der Waals surface area contributed by atoms with Crippen molar-refractivity contribution in [2.75, 3.05) is 0 Å². The lowest BCUT2D eigenvalue weighted by Crippen LogP contribution is -2.11.